The minimum absolute atomic E-state index is 0.150. The molecule has 1 aromatic carbocycles. The normalized spacial score (nSPS) is 14.6. The predicted molar refractivity (Wildman–Crippen MR) is 120 cm³/mol. The number of nitrogens with zero attached hydrogens (tertiary/aromatic N) is 3. The summed E-state index contributed by atoms with van der Waals surface area (Å²) < 4.78 is 27.6. The van der Waals surface area contributed by atoms with Crippen molar-refractivity contribution in [3.05, 3.63) is 66.1 Å². The van der Waals surface area contributed by atoms with Gasteiger partial charge in [0, 0.05) is 63.1 Å². The van der Waals surface area contributed by atoms with Crippen LogP contribution in [0.3, 0.4) is 0 Å². The molecule has 4 rings (SSSR count). The van der Waals surface area contributed by atoms with Gasteiger partial charge in [0.1, 0.15) is 4.90 Å². The summed E-state index contributed by atoms with van der Waals surface area (Å²) in [4.78, 5) is 18.4. The number of piperazine rings is 1. The van der Waals surface area contributed by atoms with Crippen LogP contribution in [0.1, 0.15) is 6.92 Å². The molecule has 31 heavy (non-hydrogen) atoms. The van der Waals surface area contributed by atoms with E-state index in [0.29, 0.717) is 26.2 Å². The largest absolute Gasteiger partial charge is 0.481 e. The van der Waals surface area contributed by atoms with Gasteiger partial charge in [0.25, 0.3) is 5.97 Å². The zero-order valence-corrected chi connectivity index (χ0v) is 18.5. The first-order chi connectivity index (χ1) is 14.8. The lowest BCUT2D eigenvalue weighted by Gasteiger charge is -2.35. The molecule has 8 nitrogen and oxygen atoms in total. The second-order valence-corrected chi connectivity index (χ2v) is 9.16. The Labute approximate surface area is 186 Å². The van der Waals surface area contributed by atoms with Crippen LogP contribution in [0.2, 0.25) is 5.02 Å². The molecule has 164 valence electrons. The number of H-pyrrole nitrogens is 1. The average Bonchev–Trinajstić information content (AvgIpc) is 3.29. The van der Waals surface area contributed by atoms with E-state index in [0.717, 1.165) is 23.9 Å². The van der Waals surface area contributed by atoms with E-state index in [1.54, 1.807) is 30.6 Å². The third-order valence-electron chi connectivity index (χ3n) is 4.73. The lowest BCUT2D eigenvalue weighted by molar-refractivity contribution is -0.134. The third kappa shape index (κ3) is 5.63. The van der Waals surface area contributed by atoms with Crippen molar-refractivity contribution in [3.8, 4) is 11.3 Å². The molecule has 0 saturated carbocycles. The molecular formula is C21H23ClN4O4S. The SMILES string of the molecule is CC(=O)O.O=S(=O)(c1ccc(-c2ccc[nH]2)cc1Cl)N1CCN(c2ccncc2)CC1. The smallest absolute Gasteiger partial charge is 0.300 e. The maximum atomic E-state index is 13.1. The van der Waals surface area contributed by atoms with Gasteiger partial charge in [0.05, 0.1) is 5.02 Å². The van der Waals surface area contributed by atoms with Gasteiger partial charge in [-0.1, -0.05) is 17.7 Å². The number of carboxylic acids is 1. The molecule has 1 saturated heterocycles. The zero-order valence-electron chi connectivity index (χ0n) is 16.9. The molecule has 0 atom stereocenters. The van der Waals surface area contributed by atoms with E-state index in [9.17, 15) is 8.42 Å². The Morgan fingerprint density at radius 1 is 1.10 bits per heavy atom. The summed E-state index contributed by atoms with van der Waals surface area (Å²) in [6.07, 6.45) is 5.30. The van der Waals surface area contributed by atoms with E-state index in [-0.39, 0.29) is 9.92 Å². The quantitative estimate of drug-likeness (QED) is 0.616. The Bertz CT molecular complexity index is 1110. The Hall–Kier alpha value is -2.88. The van der Waals surface area contributed by atoms with Gasteiger partial charge in [-0.15, -0.1) is 0 Å². The van der Waals surface area contributed by atoms with Gasteiger partial charge in [-0.25, -0.2) is 8.42 Å². The van der Waals surface area contributed by atoms with Gasteiger partial charge in [0.2, 0.25) is 10.0 Å². The number of sulfonamides is 1. The van der Waals surface area contributed by atoms with Crippen molar-refractivity contribution >= 4 is 33.3 Å². The Kier molecular flexibility index (Phi) is 7.32. The molecule has 0 radical (unpaired) electrons. The van der Waals surface area contributed by atoms with Crippen molar-refractivity contribution in [2.45, 2.75) is 11.8 Å². The summed E-state index contributed by atoms with van der Waals surface area (Å²) in [6, 6.07) is 12.7. The highest BCUT2D eigenvalue weighted by Crippen LogP contribution is 2.30. The zero-order chi connectivity index (χ0) is 22.4. The molecule has 0 spiro atoms. The number of hydrogen-bond donors (Lipinski definition) is 2. The number of nitrogens with one attached hydrogen (secondary N) is 1. The third-order valence-corrected chi connectivity index (χ3v) is 7.11. The molecule has 3 heterocycles. The molecule has 10 heteroatoms. The summed E-state index contributed by atoms with van der Waals surface area (Å²) in [7, 11) is -3.63. The van der Waals surface area contributed by atoms with Gasteiger partial charge in [-0.3, -0.25) is 9.78 Å². The fourth-order valence-corrected chi connectivity index (χ4v) is 5.21. The number of anilines is 1. The van der Waals surface area contributed by atoms with Gasteiger partial charge < -0.3 is 15.0 Å². The summed E-state index contributed by atoms with van der Waals surface area (Å²) in [5.74, 6) is -0.833. The lowest BCUT2D eigenvalue weighted by Crippen LogP contribution is -2.48. The highest BCUT2D eigenvalue weighted by Gasteiger charge is 2.30. The topological polar surface area (TPSA) is 107 Å². The highest BCUT2D eigenvalue weighted by molar-refractivity contribution is 7.89. The van der Waals surface area contributed by atoms with E-state index < -0.39 is 16.0 Å². The summed E-state index contributed by atoms with van der Waals surface area (Å²) in [6.45, 7) is 3.17. The Morgan fingerprint density at radius 2 is 1.74 bits per heavy atom. The van der Waals surface area contributed by atoms with E-state index in [1.807, 2.05) is 30.5 Å². The average molecular weight is 463 g/mol. The molecule has 0 unspecified atom stereocenters. The number of aromatic amines is 1. The van der Waals surface area contributed by atoms with E-state index in [2.05, 4.69) is 14.9 Å². The highest BCUT2D eigenvalue weighted by atomic mass is 35.5. The van der Waals surface area contributed by atoms with Gasteiger partial charge in [-0.05, 0) is 42.0 Å². The molecule has 0 bridgehead atoms. The van der Waals surface area contributed by atoms with E-state index >= 15 is 0 Å². The van der Waals surface area contributed by atoms with Crippen LogP contribution in [-0.4, -0.2) is 59.9 Å². The van der Waals surface area contributed by atoms with Crippen molar-refractivity contribution in [2.24, 2.45) is 0 Å². The molecule has 2 aromatic heterocycles. The van der Waals surface area contributed by atoms with Crippen LogP contribution < -0.4 is 4.90 Å². The predicted octanol–water partition coefficient (Wildman–Crippen LogP) is 3.33. The number of carbonyl (C=O) groups is 1. The lowest BCUT2D eigenvalue weighted by atomic mass is 10.2. The fraction of sp³-hybridized carbons (Fsp3) is 0.238. The molecule has 0 amide bonds. The monoisotopic (exact) mass is 462 g/mol. The maximum absolute atomic E-state index is 13.1. The Morgan fingerprint density at radius 3 is 2.29 bits per heavy atom. The summed E-state index contributed by atoms with van der Waals surface area (Å²) >= 11 is 6.34. The van der Waals surface area contributed by atoms with Crippen LogP contribution in [0.4, 0.5) is 5.69 Å². The minimum atomic E-state index is -3.63. The number of aliphatic carboxylic acids is 1. The van der Waals surface area contributed by atoms with Crippen molar-refractivity contribution < 1.29 is 18.3 Å². The molecule has 1 fully saturated rings. The number of pyridine rings is 1. The summed E-state index contributed by atoms with van der Waals surface area (Å²) in [5.41, 5.74) is 2.80. The second kappa shape index (κ2) is 9.95. The van der Waals surface area contributed by atoms with Crippen molar-refractivity contribution in [1.29, 1.82) is 0 Å². The minimum Gasteiger partial charge on any atom is -0.481 e. The first-order valence-electron chi connectivity index (χ1n) is 9.57. The molecule has 3 aromatic rings. The number of carboxylic acid groups (broad SMARTS) is 1. The van der Waals surface area contributed by atoms with E-state index in [4.69, 9.17) is 21.5 Å². The number of benzene rings is 1. The molecule has 1 aliphatic rings. The van der Waals surface area contributed by atoms with Crippen LogP contribution in [0.5, 0.6) is 0 Å². The van der Waals surface area contributed by atoms with Crippen molar-refractivity contribution in [2.75, 3.05) is 31.1 Å². The molecule has 0 aliphatic carbocycles. The maximum Gasteiger partial charge on any atom is 0.300 e. The van der Waals surface area contributed by atoms with Gasteiger partial charge in [0.15, 0.2) is 0 Å². The second-order valence-electron chi connectivity index (χ2n) is 6.84. The number of rotatable bonds is 4. The van der Waals surface area contributed by atoms with Crippen LogP contribution in [0.25, 0.3) is 11.3 Å². The van der Waals surface area contributed by atoms with Gasteiger partial charge in [-0.2, -0.15) is 4.31 Å². The first-order valence-corrected chi connectivity index (χ1v) is 11.4. The summed E-state index contributed by atoms with van der Waals surface area (Å²) in [5, 5.41) is 7.65. The van der Waals surface area contributed by atoms with Crippen LogP contribution >= 0.6 is 11.6 Å². The van der Waals surface area contributed by atoms with Gasteiger partial charge >= 0.3 is 0 Å². The number of hydrogen-bond acceptors (Lipinski definition) is 5. The van der Waals surface area contributed by atoms with Crippen LogP contribution in [0.15, 0.2) is 66.0 Å². The van der Waals surface area contributed by atoms with Crippen molar-refractivity contribution in [3.63, 3.8) is 0 Å². The molecule has 1 aliphatic heterocycles. The Balaban J connectivity index is 0.000000628. The van der Waals surface area contributed by atoms with E-state index in [1.165, 1.54) is 4.31 Å². The number of halogens is 1. The fourth-order valence-electron chi connectivity index (χ4n) is 3.27. The standard InChI is InChI=1S/C19H19ClN4O2S.C2H4O2/c20-17-14-15(18-2-1-7-22-18)3-4-19(17)27(25,26)24-12-10-23(11-13-24)16-5-8-21-9-6-16;1-2(3)4/h1-9,14,22H,10-13H2;1H3,(H,3,4). The van der Waals surface area contributed by atoms with Crippen LogP contribution in [-0.2, 0) is 14.8 Å². The molecular weight excluding hydrogens is 440 g/mol. The number of aromatic nitrogens is 2. The van der Waals surface area contributed by atoms with Crippen molar-refractivity contribution in [1.82, 2.24) is 14.3 Å². The van der Waals surface area contributed by atoms with Crippen LogP contribution in [0, 0.1) is 0 Å². The first kappa shape index (κ1) is 22.8. The molecule has 2 N–H and O–H groups in total.